The molecule has 0 unspecified atom stereocenters. The minimum absolute atomic E-state index is 0.0608. The van der Waals surface area contributed by atoms with Crippen molar-refractivity contribution in [2.45, 2.75) is 32.6 Å². The van der Waals surface area contributed by atoms with Crippen LogP contribution in [0.3, 0.4) is 0 Å². The first-order valence-corrected chi connectivity index (χ1v) is 3.80. The Hall–Kier alpha value is -0.0700. The summed E-state index contributed by atoms with van der Waals surface area (Å²) in [5.41, 5.74) is 0.835. The van der Waals surface area contributed by atoms with Gasteiger partial charge in [-0.25, -0.2) is 0 Å². The monoisotopic (exact) mass is 128 g/mol. The molecule has 0 heterocycles. The van der Waals surface area contributed by atoms with Crippen LogP contribution in [-0.4, -0.2) is 6.67 Å². The average Bonchev–Trinajstić information content (AvgIpc) is 1.62. The zero-order valence-electron chi connectivity index (χ0n) is 5.91. The Balaban J connectivity index is 1.96. The molecule has 0 aromatic carbocycles. The van der Waals surface area contributed by atoms with Crippen LogP contribution in [0, 0.1) is 10.8 Å². The topological polar surface area (TPSA) is 0 Å². The largest absolute Gasteiger partial charge is 0.250 e. The zero-order chi connectivity index (χ0) is 6.54. The summed E-state index contributed by atoms with van der Waals surface area (Å²) in [6.45, 7) is 2.16. The zero-order valence-corrected chi connectivity index (χ0v) is 5.91. The fourth-order valence-electron chi connectivity index (χ4n) is 2.75. The lowest BCUT2D eigenvalue weighted by atomic mass is 9.35. The van der Waals surface area contributed by atoms with Crippen LogP contribution in [0.2, 0.25) is 0 Å². The third-order valence-corrected chi connectivity index (χ3v) is 3.28. The van der Waals surface area contributed by atoms with E-state index >= 15 is 0 Å². The minimum Gasteiger partial charge on any atom is -0.250 e. The summed E-state index contributed by atoms with van der Waals surface area (Å²) in [4.78, 5) is 0. The van der Waals surface area contributed by atoms with E-state index in [0.29, 0.717) is 5.41 Å². The highest BCUT2D eigenvalue weighted by Crippen LogP contribution is 2.74. The van der Waals surface area contributed by atoms with Crippen LogP contribution in [0.4, 0.5) is 4.39 Å². The van der Waals surface area contributed by atoms with Crippen LogP contribution in [0.5, 0.6) is 0 Å². The Morgan fingerprint density at radius 3 is 2.11 bits per heavy atom. The maximum Gasteiger partial charge on any atom is 0.0951 e. The smallest absolute Gasteiger partial charge is 0.0951 e. The molecule has 0 nitrogen and oxygen atoms in total. The lowest BCUT2D eigenvalue weighted by Crippen LogP contribution is -2.62. The third-order valence-electron chi connectivity index (χ3n) is 3.28. The summed E-state index contributed by atoms with van der Waals surface area (Å²) in [7, 11) is 0. The van der Waals surface area contributed by atoms with Gasteiger partial charge in [-0.2, -0.15) is 0 Å². The number of alkyl halides is 1. The molecule has 0 N–H and O–H groups in total. The molecule has 52 valence electrons. The lowest BCUT2D eigenvalue weighted by Gasteiger charge is -2.70. The second kappa shape index (κ2) is 1.33. The Kier molecular flexibility index (Phi) is 0.841. The summed E-state index contributed by atoms with van der Waals surface area (Å²) in [5.74, 6) is 0. The molecule has 0 aromatic heterocycles. The molecule has 0 aliphatic heterocycles. The van der Waals surface area contributed by atoms with Crippen LogP contribution in [-0.2, 0) is 0 Å². The van der Waals surface area contributed by atoms with E-state index in [4.69, 9.17) is 0 Å². The van der Waals surface area contributed by atoms with Crippen LogP contribution in [0.15, 0.2) is 0 Å². The van der Waals surface area contributed by atoms with Gasteiger partial charge < -0.3 is 0 Å². The Morgan fingerprint density at radius 1 is 1.22 bits per heavy atom. The third kappa shape index (κ3) is 0.487. The van der Waals surface area contributed by atoms with E-state index in [2.05, 4.69) is 6.92 Å². The lowest BCUT2D eigenvalue weighted by molar-refractivity contribution is -0.212. The second-order valence-electron chi connectivity index (χ2n) is 4.02. The van der Waals surface area contributed by atoms with Crippen LogP contribution >= 0.6 is 0 Å². The molecule has 3 aliphatic carbocycles. The van der Waals surface area contributed by atoms with E-state index in [-0.39, 0.29) is 12.1 Å². The molecule has 1 heteroatoms. The molecule has 3 saturated carbocycles. The number of hydrogen-bond acceptors (Lipinski definition) is 0. The van der Waals surface area contributed by atoms with Gasteiger partial charge in [0.15, 0.2) is 0 Å². The van der Waals surface area contributed by atoms with Gasteiger partial charge in [0.25, 0.3) is 0 Å². The first-order chi connectivity index (χ1) is 4.24. The van der Waals surface area contributed by atoms with E-state index in [1.807, 2.05) is 0 Å². The quantitative estimate of drug-likeness (QED) is 0.536. The van der Waals surface area contributed by atoms with Gasteiger partial charge in [0.1, 0.15) is 0 Å². The fraction of sp³-hybridized carbons (Fsp3) is 1.00. The molecular formula is C8H13F. The highest BCUT2D eigenvalue weighted by molar-refractivity contribution is 5.15. The molecule has 0 radical (unpaired) electrons. The molecule has 0 atom stereocenters. The molecule has 0 amide bonds. The Labute approximate surface area is 55.4 Å². The summed E-state index contributed by atoms with van der Waals surface area (Å²) in [5, 5.41) is 0. The SMILES string of the molecule is CCC12CC(CF)(C1)C2. The summed E-state index contributed by atoms with van der Waals surface area (Å²) < 4.78 is 12.2. The molecule has 0 aromatic rings. The van der Waals surface area contributed by atoms with E-state index in [1.165, 1.54) is 25.7 Å². The highest BCUT2D eigenvalue weighted by atomic mass is 19.1. The second-order valence-corrected chi connectivity index (χ2v) is 4.02. The first kappa shape index (κ1) is 5.70. The van der Waals surface area contributed by atoms with E-state index in [9.17, 15) is 4.39 Å². The summed E-state index contributed by atoms with van der Waals surface area (Å²) in [6.07, 6.45) is 4.84. The number of hydrogen-bond donors (Lipinski definition) is 0. The van der Waals surface area contributed by atoms with Crippen molar-refractivity contribution in [3.05, 3.63) is 0 Å². The van der Waals surface area contributed by atoms with Gasteiger partial charge in [-0.15, -0.1) is 0 Å². The van der Waals surface area contributed by atoms with Crippen LogP contribution in [0.25, 0.3) is 0 Å². The molecule has 9 heavy (non-hydrogen) atoms. The van der Waals surface area contributed by atoms with Crippen LogP contribution in [0.1, 0.15) is 32.6 Å². The van der Waals surface area contributed by atoms with Crippen molar-refractivity contribution >= 4 is 0 Å². The Morgan fingerprint density at radius 2 is 1.78 bits per heavy atom. The maximum atomic E-state index is 12.2. The van der Waals surface area contributed by atoms with Gasteiger partial charge in [-0.05, 0) is 24.7 Å². The molecular weight excluding hydrogens is 115 g/mol. The molecule has 3 aliphatic rings. The maximum absolute atomic E-state index is 12.2. The van der Waals surface area contributed by atoms with Crippen molar-refractivity contribution in [1.82, 2.24) is 0 Å². The van der Waals surface area contributed by atoms with E-state index in [1.54, 1.807) is 0 Å². The Bertz CT molecular complexity index is 106. The molecule has 3 rings (SSSR count). The number of rotatable bonds is 2. The van der Waals surface area contributed by atoms with Crippen molar-refractivity contribution in [3.63, 3.8) is 0 Å². The number of halogens is 1. The molecule has 0 saturated heterocycles. The van der Waals surface area contributed by atoms with Gasteiger partial charge in [0, 0.05) is 5.41 Å². The van der Waals surface area contributed by atoms with Crippen molar-refractivity contribution in [2.75, 3.05) is 6.67 Å². The van der Waals surface area contributed by atoms with Gasteiger partial charge in [-0.1, -0.05) is 13.3 Å². The summed E-state index contributed by atoms with van der Waals surface area (Å²) >= 11 is 0. The predicted octanol–water partition coefficient (Wildman–Crippen LogP) is 2.54. The average molecular weight is 128 g/mol. The van der Waals surface area contributed by atoms with Gasteiger partial charge in [0.05, 0.1) is 6.67 Å². The summed E-state index contributed by atoms with van der Waals surface area (Å²) in [6, 6.07) is 0. The van der Waals surface area contributed by atoms with Crippen LogP contribution < -0.4 is 0 Å². The van der Waals surface area contributed by atoms with Crippen molar-refractivity contribution in [1.29, 1.82) is 0 Å². The van der Waals surface area contributed by atoms with Crippen molar-refractivity contribution in [3.8, 4) is 0 Å². The molecule has 3 fully saturated rings. The van der Waals surface area contributed by atoms with Crippen molar-refractivity contribution in [2.24, 2.45) is 10.8 Å². The minimum atomic E-state index is -0.0608. The predicted molar refractivity (Wildman–Crippen MR) is 35.0 cm³/mol. The van der Waals surface area contributed by atoms with E-state index in [0.717, 1.165) is 0 Å². The molecule has 2 bridgehead atoms. The normalized spacial score (nSPS) is 54.0. The van der Waals surface area contributed by atoms with Gasteiger partial charge in [0.2, 0.25) is 0 Å². The standard InChI is InChI=1S/C8H13F/c1-2-7-3-8(4-7,5-7)6-9/h2-6H2,1H3. The van der Waals surface area contributed by atoms with Gasteiger partial charge in [-0.3, -0.25) is 4.39 Å². The molecule has 0 spiro atoms. The van der Waals surface area contributed by atoms with Gasteiger partial charge >= 0.3 is 0 Å². The van der Waals surface area contributed by atoms with E-state index < -0.39 is 0 Å². The first-order valence-electron chi connectivity index (χ1n) is 3.80. The van der Waals surface area contributed by atoms with Crippen molar-refractivity contribution < 1.29 is 4.39 Å². The highest BCUT2D eigenvalue weighted by Gasteiger charge is 2.66. The fourth-order valence-corrected chi connectivity index (χ4v) is 2.75.